The fourth-order valence-corrected chi connectivity index (χ4v) is 0.770. The Morgan fingerprint density at radius 1 is 1.62 bits per heavy atom. The lowest BCUT2D eigenvalue weighted by Crippen LogP contribution is -2.41. The Kier molecular flexibility index (Phi) is 5.26. The molecule has 88 valence electrons. The van der Waals surface area contributed by atoms with Crippen molar-refractivity contribution < 1.29 is 9.90 Å². The molecule has 5 heteroatoms. The van der Waals surface area contributed by atoms with Crippen LogP contribution in [0.4, 0.5) is 0 Å². The van der Waals surface area contributed by atoms with Crippen molar-refractivity contribution in [2.24, 2.45) is 11.1 Å². The van der Waals surface area contributed by atoms with Gasteiger partial charge in [0.15, 0.2) is 0 Å². The molecule has 0 saturated carbocycles. The number of hydrogen-bond acceptors (Lipinski definition) is 3. The predicted octanol–water partition coefficient (Wildman–Crippen LogP) is 1.33. The van der Waals surface area contributed by atoms with Gasteiger partial charge >= 0.3 is 5.97 Å². The molecule has 0 aliphatic heterocycles. The van der Waals surface area contributed by atoms with Crippen molar-refractivity contribution in [1.29, 1.82) is 5.26 Å². The van der Waals surface area contributed by atoms with Crippen LogP contribution < -0.4 is 5.73 Å². The highest BCUT2D eigenvalue weighted by molar-refractivity contribution is 5.74. The maximum absolute atomic E-state index is 10.2. The molecule has 1 aromatic heterocycles. The zero-order chi connectivity index (χ0) is 12.8. The molecule has 0 aromatic carbocycles. The summed E-state index contributed by atoms with van der Waals surface area (Å²) in [4.78, 5) is 12.9. The standard InChI is InChI=1S/C6H13NO2.C5H4N2/c1-6(2,3)4(7)5(8)9;6-4-5-2-1-3-7-5/h4H,7H2,1-3H3,(H,8,9);1-3,7H/t4-;/m1./s1. The first-order valence-electron chi connectivity index (χ1n) is 4.81. The molecule has 1 atom stereocenters. The number of aliphatic carboxylic acids is 1. The van der Waals surface area contributed by atoms with E-state index in [4.69, 9.17) is 16.1 Å². The smallest absolute Gasteiger partial charge is 0.321 e. The number of carbonyl (C=O) groups is 1. The van der Waals surface area contributed by atoms with Gasteiger partial charge in [-0.05, 0) is 17.5 Å². The van der Waals surface area contributed by atoms with Crippen molar-refractivity contribution in [1.82, 2.24) is 4.98 Å². The SMILES string of the molecule is CC(C)(C)[C@H](N)C(=O)O.N#Cc1ccc[nH]1. The highest BCUT2D eigenvalue weighted by Crippen LogP contribution is 2.16. The van der Waals surface area contributed by atoms with Gasteiger partial charge in [0.25, 0.3) is 0 Å². The van der Waals surface area contributed by atoms with E-state index in [1.807, 2.05) is 6.07 Å². The first-order valence-corrected chi connectivity index (χ1v) is 4.81. The molecule has 1 heterocycles. The van der Waals surface area contributed by atoms with Crippen LogP contribution in [0.3, 0.4) is 0 Å². The molecule has 0 aliphatic rings. The molecule has 0 radical (unpaired) electrons. The largest absolute Gasteiger partial charge is 0.480 e. The Labute approximate surface area is 94.9 Å². The number of carboxylic acid groups (broad SMARTS) is 1. The highest BCUT2D eigenvalue weighted by atomic mass is 16.4. The minimum atomic E-state index is -0.942. The summed E-state index contributed by atoms with van der Waals surface area (Å²) < 4.78 is 0. The third kappa shape index (κ3) is 5.17. The van der Waals surface area contributed by atoms with E-state index >= 15 is 0 Å². The minimum absolute atomic E-state index is 0.341. The van der Waals surface area contributed by atoms with Crippen LogP contribution >= 0.6 is 0 Å². The number of hydrogen-bond donors (Lipinski definition) is 3. The monoisotopic (exact) mass is 223 g/mol. The molecule has 1 rings (SSSR count). The zero-order valence-electron chi connectivity index (χ0n) is 9.69. The second-order valence-corrected chi connectivity index (χ2v) is 4.38. The number of H-pyrrole nitrogens is 1. The lowest BCUT2D eigenvalue weighted by Gasteiger charge is -2.22. The molecule has 4 N–H and O–H groups in total. The Hall–Kier alpha value is -1.80. The van der Waals surface area contributed by atoms with Crippen LogP contribution in [0.25, 0.3) is 0 Å². The molecule has 0 fully saturated rings. The van der Waals surface area contributed by atoms with E-state index in [0.717, 1.165) is 0 Å². The van der Waals surface area contributed by atoms with Gasteiger partial charge in [0.2, 0.25) is 0 Å². The van der Waals surface area contributed by atoms with E-state index in [1.165, 1.54) is 0 Å². The summed E-state index contributed by atoms with van der Waals surface area (Å²) in [7, 11) is 0. The van der Waals surface area contributed by atoms with E-state index in [2.05, 4.69) is 4.98 Å². The second kappa shape index (κ2) is 5.93. The molecular formula is C11H17N3O2. The number of nitriles is 1. The lowest BCUT2D eigenvalue weighted by molar-refractivity contribution is -0.141. The van der Waals surface area contributed by atoms with E-state index in [-0.39, 0.29) is 5.41 Å². The minimum Gasteiger partial charge on any atom is -0.480 e. The number of aromatic amines is 1. The van der Waals surface area contributed by atoms with Crippen LogP contribution in [0, 0.1) is 16.7 Å². The van der Waals surface area contributed by atoms with Gasteiger partial charge in [-0.1, -0.05) is 20.8 Å². The maximum atomic E-state index is 10.2. The molecule has 0 amide bonds. The molecule has 5 nitrogen and oxygen atoms in total. The Balaban J connectivity index is 0.000000288. The highest BCUT2D eigenvalue weighted by Gasteiger charge is 2.26. The normalized spacial score (nSPS) is 11.9. The number of nitrogens with one attached hydrogen (secondary N) is 1. The van der Waals surface area contributed by atoms with Crippen LogP contribution in [0.15, 0.2) is 18.3 Å². The van der Waals surface area contributed by atoms with Gasteiger partial charge in [0.1, 0.15) is 17.8 Å². The second-order valence-electron chi connectivity index (χ2n) is 4.38. The predicted molar refractivity (Wildman–Crippen MR) is 60.6 cm³/mol. The third-order valence-electron chi connectivity index (χ3n) is 1.92. The Morgan fingerprint density at radius 3 is 2.31 bits per heavy atom. The topological polar surface area (TPSA) is 103 Å². The molecular weight excluding hydrogens is 206 g/mol. The van der Waals surface area contributed by atoms with Gasteiger partial charge in [-0.15, -0.1) is 0 Å². The summed E-state index contributed by atoms with van der Waals surface area (Å²) in [6, 6.07) is 4.70. The van der Waals surface area contributed by atoms with E-state index < -0.39 is 12.0 Å². The Morgan fingerprint density at radius 2 is 2.19 bits per heavy atom. The van der Waals surface area contributed by atoms with Crippen LogP contribution in [0.2, 0.25) is 0 Å². The van der Waals surface area contributed by atoms with Crippen molar-refractivity contribution in [3.05, 3.63) is 24.0 Å². The van der Waals surface area contributed by atoms with Gasteiger partial charge < -0.3 is 15.8 Å². The van der Waals surface area contributed by atoms with E-state index in [9.17, 15) is 4.79 Å². The summed E-state index contributed by atoms with van der Waals surface area (Å²) >= 11 is 0. The Bertz CT molecular complexity index is 358. The van der Waals surface area contributed by atoms with Crippen LogP contribution in [-0.2, 0) is 4.79 Å². The van der Waals surface area contributed by atoms with E-state index in [1.54, 1.807) is 39.1 Å². The maximum Gasteiger partial charge on any atom is 0.321 e. The molecule has 0 unspecified atom stereocenters. The zero-order valence-corrected chi connectivity index (χ0v) is 9.69. The first kappa shape index (κ1) is 14.2. The molecule has 0 aliphatic carbocycles. The molecule has 0 saturated heterocycles. The van der Waals surface area contributed by atoms with Gasteiger partial charge in [0.05, 0.1) is 0 Å². The summed E-state index contributed by atoms with van der Waals surface area (Å²) in [6.07, 6.45) is 1.72. The summed E-state index contributed by atoms with van der Waals surface area (Å²) in [5.74, 6) is -0.942. The van der Waals surface area contributed by atoms with Crippen molar-refractivity contribution in [3.63, 3.8) is 0 Å². The fraction of sp³-hybridized carbons (Fsp3) is 0.455. The summed E-state index contributed by atoms with van der Waals surface area (Å²) in [5.41, 5.74) is 5.56. The fourth-order valence-electron chi connectivity index (χ4n) is 0.770. The summed E-state index contributed by atoms with van der Waals surface area (Å²) in [6.45, 7) is 5.39. The molecule has 1 aromatic rings. The van der Waals surface area contributed by atoms with Crippen LogP contribution in [0.5, 0.6) is 0 Å². The number of carboxylic acids is 1. The van der Waals surface area contributed by atoms with Crippen molar-refractivity contribution in [3.8, 4) is 6.07 Å². The molecule has 0 spiro atoms. The number of nitrogens with zero attached hydrogens (tertiary/aromatic N) is 1. The van der Waals surface area contributed by atoms with Gasteiger partial charge in [-0.3, -0.25) is 4.79 Å². The molecule has 16 heavy (non-hydrogen) atoms. The van der Waals surface area contributed by atoms with Gasteiger partial charge in [-0.25, -0.2) is 0 Å². The average molecular weight is 223 g/mol. The quantitative estimate of drug-likeness (QED) is 0.668. The van der Waals surface area contributed by atoms with Crippen LogP contribution in [-0.4, -0.2) is 22.1 Å². The third-order valence-corrected chi connectivity index (χ3v) is 1.92. The van der Waals surface area contributed by atoms with Crippen LogP contribution in [0.1, 0.15) is 26.5 Å². The molecule has 0 bridgehead atoms. The first-order chi connectivity index (χ1) is 7.29. The lowest BCUT2D eigenvalue weighted by atomic mass is 9.88. The number of nitrogens with two attached hydrogens (primary N) is 1. The van der Waals surface area contributed by atoms with E-state index in [0.29, 0.717) is 5.69 Å². The van der Waals surface area contributed by atoms with Gasteiger partial charge in [-0.2, -0.15) is 5.26 Å². The van der Waals surface area contributed by atoms with Crippen molar-refractivity contribution in [2.45, 2.75) is 26.8 Å². The average Bonchev–Trinajstić information content (AvgIpc) is 2.68. The number of rotatable bonds is 1. The van der Waals surface area contributed by atoms with Crippen molar-refractivity contribution in [2.75, 3.05) is 0 Å². The summed E-state index contributed by atoms with van der Waals surface area (Å²) in [5, 5.41) is 16.5. The number of aromatic nitrogens is 1. The van der Waals surface area contributed by atoms with Gasteiger partial charge in [0, 0.05) is 6.20 Å². The van der Waals surface area contributed by atoms with Crippen molar-refractivity contribution >= 4 is 5.97 Å².